The van der Waals surface area contributed by atoms with Crippen LogP contribution < -0.4 is 14.8 Å². The van der Waals surface area contributed by atoms with Gasteiger partial charge < -0.3 is 14.8 Å². The standard InChI is InChI=1S/C15H23NO4S/c1-2-7-16-8-3-11-21(17,18)13-5-6-14-15(12-13)20-10-4-9-19-14/h5-6,12,16H,2-4,7-11H2,1H3. The van der Waals surface area contributed by atoms with Crippen LogP contribution in [0.5, 0.6) is 11.5 Å². The summed E-state index contributed by atoms with van der Waals surface area (Å²) in [6.07, 6.45) is 2.46. The Morgan fingerprint density at radius 2 is 1.90 bits per heavy atom. The molecule has 0 saturated carbocycles. The minimum Gasteiger partial charge on any atom is -0.490 e. The molecule has 0 spiro atoms. The fourth-order valence-electron chi connectivity index (χ4n) is 2.14. The highest BCUT2D eigenvalue weighted by Gasteiger charge is 2.18. The molecule has 0 bridgehead atoms. The van der Waals surface area contributed by atoms with E-state index in [-0.39, 0.29) is 5.75 Å². The van der Waals surface area contributed by atoms with Crippen molar-refractivity contribution in [3.8, 4) is 11.5 Å². The molecular weight excluding hydrogens is 290 g/mol. The lowest BCUT2D eigenvalue weighted by molar-refractivity contribution is 0.297. The van der Waals surface area contributed by atoms with E-state index >= 15 is 0 Å². The van der Waals surface area contributed by atoms with Crippen LogP contribution in [0.4, 0.5) is 0 Å². The summed E-state index contributed by atoms with van der Waals surface area (Å²) in [6.45, 7) is 4.88. The molecule has 0 unspecified atom stereocenters. The average molecular weight is 313 g/mol. The minimum atomic E-state index is -3.27. The molecule has 0 aliphatic carbocycles. The smallest absolute Gasteiger partial charge is 0.178 e. The van der Waals surface area contributed by atoms with Gasteiger partial charge in [-0.25, -0.2) is 8.42 Å². The Bertz CT molecular complexity index is 557. The predicted molar refractivity (Wildman–Crippen MR) is 81.9 cm³/mol. The summed E-state index contributed by atoms with van der Waals surface area (Å²) in [5.41, 5.74) is 0. The molecule has 0 aromatic heterocycles. The van der Waals surface area contributed by atoms with E-state index in [9.17, 15) is 8.42 Å². The van der Waals surface area contributed by atoms with Crippen molar-refractivity contribution in [3.05, 3.63) is 18.2 Å². The van der Waals surface area contributed by atoms with Gasteiger partial charge in [-0.15, -0.1) is 0 Å². The summed E-state index contributed by atoms with van der Waals surface area (Å²) in [5.74, 6) is 1.29. The van der Waals surface area contributed by atoms with Crippen LogP contribution >= 0.6 is 0 Å². The summed E-state index contributed by atoms with van der Waals surface area (Å²) < 4.78 is 35.7. The number of hydrogen-bond acceptors (Lipinski definition) is 5. The molecule has 118 valence electrons. The van der Waals surface area contributed by atoms with Crippen molar-refractivity contribution >= 4 is 9.84 Å². The van der Waals surface area contributed by atoms with Gasteiger partial charge >= 0.3 is 0 Å². The fourth-order valence-corrected chi connectivity index (χ4v) is 3.47. The maximum absolute atomic E-state index is 12.3. The zero-order chi connectivity index (χ0) is 15.1. The normalized spacial score (nSPS) is 14.7. The second kappa shape index (κ2) is 7.66. The second-order valence-corrected chi connectivity index (χ2v) is 7.19. The van der Waals surface area contributed by atoms with E-state index in [1.54, 1.807) is 18.2 Å². The minimum absolute atomic E-state index is 0.142. The van der Waals surface area contributed by atoms with Gasteiger partial charge in [0.15, 0.2) is 21.3 Å². The van der Waals surface area contributed by atoms with E-state index in [0.29, 0.717) is 36.0 Å². The van der Waals surface area contributed by atoms with E-state index < -0.39 is 9.84 Å². The van der Waals surface area contributed by atoms with Gasteiger partial charge in [0.1, 0.15) is 0 Å². The number of rotatable bonds is 7. The lowest BCUT2D eigenvalue weighted by Crippen LogP contribution is -2.19. The third-order valence-corrected chi connectivity index (χ3v) is 5.07. The van der Waals surface area contributed by atoms with Gasteiger partial charge in [-0.1, -0.05) is 6.92 Å². The highest BCUT2D eigenvalue weighted by Crippen LogP contribution is 2.32. The van der Waals surface area contributed by atoms with Gasteiger partial charge in [0.05, 0.1) is 23.9 Å². The van der Waals surface area contributed by atoms with Crippen LogP contribution in [0, 0.1) is 0 Å². The molecule has 1 aromatic carbocycles. The summed E-state index contributed by atoms with van der Waals surface area (Å²) in [4.78, 5) is 0.308. The maximum atomic E-state index is 12.3. The Morgan fingerprint density at radius 1 is 1.14 bits per heavy atom. The SMILES string of the molecule is CCCNCCCS(=O)(=O)c1ccc2c(c1)OCCCO2. The number of ether oxygens (including phenoxy) is 2. The van der Waals surface area contributed by atoms with Gasteiger partial charge in [0.2, 0.25) is 0 Å². The van der Waals surface area contributed by atoms with Gasteiger partial charge in [-0.05, 0) is 38.1 Å². The Morgan fingerprint density at radius 3 is 2.67 bits per heavy atom. The third kappa shape index (κ3) is 4.61. The number of hydrogen-bond donors (Lipinski definition) is 1. The van der Waals surface area contributed by atoms with Crippen LogP contribution in [-0.4, -0.2) is 40.5 Å². The molecule has 5 nitrogen and oxygen atoms in total. The Hall–Kier alpha value is -1.27. The Kier molecular flexibility index (Phi) is 5.87. The molecule has 0 fully saturated rings. The highest BCUT2D eigenvalue weighted by atomic mass is 32.2. The first kappa shape index (κ1) is 16.1. The maximum Gasteiger partial charge on any atom is 0.178 e. The van der Waals surface area contributed by atoms with Gasteiger partial charge in [-0.3, -0.25) is 0 Å². The third-order valence-electron chi connectivity index (χ3n) is 3.27. The van der Waals surface area contributed by atoms with E-state index in [4.69, 9.17) is 9.47 Å². The van der Waals surface area contributed by atoms with Gasteiger partial charge in [0, 0.05) is 12.5 Å². The molecule has 0 amide bonds. The molecule has 0 radical (unpaired) electrons. The van der Waals surface area contributed by atoms with Crippen molar-refractivity contribution in [1.29, 1.82) is 0 Å². The quantitative estimate of drug-likeness (QED) is 0.780. The molecule has 1 aliphatic rings. The summed E-state index contributed by atoms with van der Waals surface area (Å²) in [5, 5.41) is 3.21. The van der Waals surface area contributed by atoms with Crippen molar-refractivity contribution in [3.63, 3.8) is 0 Å². The van der Waals surface area contributed by atoms with Crippen molar-refractivity contribution in [2.45, 2.75) is 31.1 Å². The Labute approximate surface area is 126 Å². The molecule has 0 saturated heterocycles. The average Bonchev–Trinajstić information content (AvgIpc) is 2.71. The number of nitrogens with one attached hydrogen (secondary N) is 1. The second-order valence-electron chi connectivity index (χ2n) is 5.08. The van der Waals surface area contributed by atoms with E-state index in [1.165, 1.54) is 0 Å². The van der Waals surface area contributed by atoms with Crippen LogP contribution in [0.3, 0.4) is 0 Å². The van der Waals surface area contributed by atoms with Gasteiger partial charge in [-0.2, -0.15) is 0 Å². The highest BCUT2D eigenvalue weighted by molar-refractivity contribution is 7.91. The number of fused-ring (bicyclic) bond motifs is 1. The van der Waals surface area contributed by atoms with Crippen LogP contribution in [-0.2, 0) is 9.84 Å². The largest absolute Gasteiger partial charge is 0.490 e. The first-order valence-corrected chi connectivity index (χ1v) is 9.12. The molecule has 1 aliphatic heterocycles. The fraction of sp³-hybridized carbons (Fsp3) is 0.600. The van der Waals surface area contributed by atoms with Crippen LogP contribution in [0.15, 0.2) is 23.1 Å². The van der Waals surface area contributed by atoms with E-state index in [2.05, 4.69) is 12.2 Å². The summed E-state index contributed by atoms with van der Waals surface area (Å²) >= 11 is 0. The molecule has 1 N–H and O–H groups in total. The van der Waals surface area contributed by atoms with Crippen molar-refractivity contribution in [2.75, 3.05) is 32.1 Å². The molecule has 21 heavy (non-hydrogen) atoms. The predicted octanol–water partition coefficient (Wildman–Crippen LogP) is 2.01. The molecule has 0 atom stereocenters. The number of benzene rings is 1. The first-order valence-electron chi connectivity index (χ1n) is 7.46. The first-order chi connectivity index (χ1) is 10.1. The molecular formula is C15H23NO4S. The summed E-state index contributed by atoms with van der Waals surface area (Å²) in [7, 11) is -3.27. The van der Waals surface area contributed by atoms with Crippen molar-refractivity contribution in [2.24, 2.45) is 0 Å². The zero-order valence-corrected chi connectivity index (χ0v) is 13.2. The Balaban J connectivity index is 2.01. The van der Waals surface area contributed by atoms with Crippen LogP contribution in [0.1, 0.15) is 26.2 Å². The molecule has 6 heteroatoms. The molecule has 2 rings (SSSR count). The van der Waals surface area contributed by atoms with Crippen LogP contribution in [0.25, 0.3) is 0 Å². The summed E-state index contributed by atoms with van der Waals surface area (Å²) in [6, 6.07) is 4.86. The van der Waals surface area contributed by atoms with E-state index in [0.717, 1.165) is 25.9 Å². The lowest BCUT2D eigenvalue weighted by atomic mass is 10.3. The van der Waals surface area contributed by atoms with E-state index in [1.807, 2.05) is 0 Å². The lowest BCUT2D eigenvalue weighted by Gasteiger charge is -2.10. The van der Waals surface area contributed by atoms with Crippen molar-refractivity contribution in [1.82, 2.24) is 5.32 Å². The molecule has 1 heterocycles. The molecule has 1 aromatic rings. The zero-order valence-electron chi connectivity index (χ0n) is 12.4. The van der Waals surface area contributed by atoms with Crippen LogP contribution in [0.2, 0.25) is 0 Å². The topological polar surface area (TPSA) is 64.6 Å². The number of sulfone groups is 1. The monoisotopic (exact) mass is 313 g/mol. The van der Waals surface area contributed by atoms with Gasteiger partial charge in [0.25, 0.3) is 0 Å². The van der Waals surface area contributed by atoms with Crippen molar-refractivity contribution < 1.29 is 17.9 Å².